The van der Waals surface area contributed by atoms with E-state index in [0.717, 1.165) is 30.3 Å². The molecule has 0 bridgehead atoms. The maximum atomic E-state index is 5.79. The zero-order chi connectivity index (χ0) is 18.4. The molecule has 3 rings (SSSR count). The second-order valence-electron chi connectivity index (χ2n) is 7.15. The Labute approximate surface area is 167 Å². The smallest absolute Gasteiger partial charge is 0.173 e. The molecule has 1 fully saturated rings. The van der Waals surface area contributed by atoms with E-state index in [0.29, 0.717) is 0 Å². The lowest BCUT2D eigenvalue weighted by molar-refractivity contribution is 0.307. The first-order chi connectivity index (χ1) is 12.6. The van der Waals surface area contributed by atoms with Crippen molar-refractivity contribution in [2.75, 3.05) is 31.5 Å². The minimum atomic E-state index is 0.827. The van der Waals surface area contributed by atoms with Gasteiger partial charge in [0, 0.05) is 17.1 Å². The lowest BCUT2D eigenvalue weighted by Crippen LogP contribution is -2.36. The van der Waals surface area contributed by atoms with Gasteiger partial charge in [0.1, 0.15) is 0 Å². The minimum Gasteiger partial charge on any atom is -0.344 e. The van der Waals surface area contributed by atoms with Gasteiger partial charge < -0.3 is 15.1 Å². The molecule has 5 heteroatoms. The molecular formula is C21H29N3S2. The van der Waals surface area contributed by atoms with Crippen LogP contribution in [0, 0.1) is 13.8 Å². The number of thiophene rings is 1. The molecule has 0 unspecified atom stereocenters. The van der Waals surface area contributed by atoms with Gasteiger partial charge in [-0.15, -0.1) is 11.3 Å². The van der Waals surface area contributed by atoms with E-state index >= 15 is 0 Å². The van der Waals surface area contributed by atoms with Crippen molar-refractivity contribution in [3.63, 3.8) is 0 Å². The van der Waals surface area contributed by atoms with Crippen molar-refractivity contribution in [2.24, 2.45) is 0 Å². The summed E-state index contributed by atoms with van der Waals surface area (Å²) in [5, 5.41) is 6.46. The van der Waals surface area contributed by atoms with Crippen LogP contribution in [-0.4, -0.2) is 41.1 Å². The van der Waals surface area contributed by atoms with Crippen molar-refractivity contribution in [3.8, 4) is 0 Å². The molecule has 3 nitrogen and oxygen atoms in total. The Morgan fingerprint density at radius 2 is 2.04 bits per heavy atom. The van der Waals surface area contributed by atoms with Gasteiger partial charge in [-0.25, -0.2) is 0 Å². The number of nitrogens with zero attached hydrogens (tertiary/aromatic N) is 2. The van der Waals surface area contributed by atoms with Gasteiger partial charge >= 0.3 is 0 Å². The monoisotopic (exact) mass is 387 g/mol. The Morgan fingerprint density at radius 3 is 2.77 bits per heavy atom. The number of aryl methyl sites for hydroxylation is 2. The van der Waals surface area contributed by atoms with Gasteiger partial charge in [0.25, 0.3) is 0 Å². The van der Waals surface area contributed by atoms with E-state index in [1.54, 1.807) is 11.3 Å². The zero-order valence-electron chi connectivity index (χ0n) is 15.8. The summed E-state index contributed by atoms with van der Waals surface area (Å²) in [6.45, 7) is 9.81. The highest BCUT2D eigenvalue weighted by Crippen LogP contribution is 2.19. The zero-order valence-corrected chi connectivity index (χ0v) is 17.5. The third-order valence-electron chi connectivity index (χ3n) is 4.95. The van der Waals surface area contributed by atoms with Crippen LogP contribution in [0.25, 0.3) is 0 Å². The molecule has 1 saturated heterocycles. The van der Waals surface area contributed by atoms with Crippen LogP contribution in [-0.2, 0) is 6.54 Å². The summed E-state index contributed by atoms with van der Waals surface area (Å²) in [4.78, 5) is 6.25. The quantitative estimate of drug-likeness (QED) is 0.670. The SMILES string of the molecule is Cc1ccc(C)c(NC(=S)N(CCCN2CCCC2)Cc2cccs2)c1. The van der Waals surface area contributed by atoms with Crippen molar-refractivity contribution < 1.29 is 0 Å². The number of rotatable bonds is 7. The fraction of sp³-hybridized carbons (Fsp3) is 0.476. The number of benzene rings is 1. The van der Waals surface area contributed by atoms with E-state index in [9.17, 15) is 0 Å². The Bertz CT molecular complexity index is 706. The fourth-order valence-corrected chi connectivity index (χ4v) is 4.38. The number of nitrogens with one attached hydrogen (secondary N) is 1. The Hall–Kier alpha value is -1.43. The molecule has 0 amide bonds. The number of likely N-dealkylation sites (tertiary alicyclic amines) is 1. The highest BCUT2D eigenvalue weighted by atomic mass is 32.1. The van der Waals surface area contributed by atoms with E-state index in [2.05, 4.69) is 64.7 Å². The van der Waals surface area contributed by atoms with Crippen LogP contribution < -0.4 is 5.32 Å². The van der Waals surface area contributed by atoms with E-state index in [4.69, 9.17) is 12.2 Å². The molecule has 0 atom stereocenters. The van der Waals surface area contributed by atoms with Crippen LogP contribution in [0.15, 0.2) is 35.7 Å². The first-order valence-electron chi connectivity index (χ1n) is 9.50. The molecule has 1 aromatic carbocycles. The average molecular weight is 388 g/mol. The normalized spacial score (nSPS) is 14.5. The number of thiocarbonyl (C=S) groups is 1. The van der Waals surface area contributed by atoms with Crippen LogP contribution in [0.5, 0.6) is 0 Å². The number of hydrogen-bond donors (Lipinski definition) is 1. The average Bonchev–Trinajstić information content (AvgIpc) is 3.31. The highest BCUT2D eigenvalue weighted by molar-refractivity contribution is 7.80. The summed E-state index contributed by atoms with van der Waals surface area (Å²) in [5.74, 6) is 0. The van der Waals surface area contributed by atoms with Crippen molar-refractivity contribution >= 4 is 34.4 Å². The first-order valence-corrected chi connectivity index (χ1v) is 10.8. The van der Waals surface area contributed by atoms with Crippen LogP contribution >= 0.6 is 23.6 Å². The topological polar surface area (TPSA) is 18.5 Å². The van der Waals surface area contributed by atoms with Crippen molar-refractivity contribution in [3.05, 3.63) is 51.7 Å². The Morgan fingerprint density at radius 1 is 1.23 bits per heavy atom. The summed E-state index contributed by atoms with van der Waals surface area (Å²) in [5.41, 5.74) is 3.59. The lowest BCUT2D eigenvalue weighted by Gasteiger charge is -2.27. The Balaban J connectivity index is 1.62. The molecule has 1 aromatic heterocycles. The molecule has 26 heavy (non-hydrogen) atoms. The van der Waals surface area contributed by atoms with Gasteiger partial charge in [0.2, 0.25) is 0 Å². The third kappa shape index (κ3) is 5.53. The fourth-order valence-electron chi connectivity index (χ4n) is 3.40. The minimum absolute atomic E-state index is 0.827. The largest absolute Gasteiger partial charge is 0.344 e. The number of hydrogen-bond acceptors (Lipinski definition) is 3. The van der Waals surface area contributed by atoms with Crippen molar-refractivity contribution in [2.45, 2.75) is 39.7 Å². The van der Waals surface area contributed by atoms with Crippen LogP contribution in [0.2, 0.25) is 0 Å². The predicted molar refractivity (Wildman–Crippen MR) is 117 cm³/mol. The second kappa shape index (κ2) is 9.49. The van der Waals surface area contributed by atoms with E-state index in [1.807, 2.05) is 0 Å². The Kier molecular flexibility index (Phi) is 7.06. The van der Waals surface area contributed by atoms with Crippen LogP contribution in [0.3, 0.4) is 0 Å². The molecule has 0 aliphatic carbocycles. The summed E-state index contributed by atoms with van der Waals surface area (Å²) >= 11 is 7.59. The van der Waals surface area contributed by atoms with E-state index in [1.165, 1.54) is 48.5 Å². The van der Waals surface area contributed by atoms with Crippen LogP contribution in [0.1, 0.15) is 35.3 Å². The van der Waals surface area contributed by atoms with Crippen molar-refractivity contribution in [1.29, 1.82) is 0 Å². The molecule has 140 valence electrons. The van der Waals surface area contributed by atoms with Crippen LogP contribution in [0.4, 0.5) is 5.69 Å². The summed E-state index contributed by atoms with van der Waals surface area (Å²) in [6.07, 6.45) is 3.86. The molecule has 2 heterocycles. The van der Waals surface area contributed by atoms with Gasteiger partial charge in [-0.2, -0.15) is 0 Å². The molecule has 0 radical (unpaired) electrons. The maximum absolute atomic E-state index is 5.79. The van der Waals surface area contributed by atoms with E-state index in [-0.39, 0.29) is 0 Å². The molecule has 1 aliphatic rings. The molecular weight excluding hydrogens is 358 g/mol. The van der Waals surface area contributed by atoms with Gasteiger partial charge in [0.15, 0.2) is 5.11 Å². The molecule has 1 N–H and O–H groups in total. The third-order valence-corrected chi connectivity index (χ3v) is 6.17. The first kappa shape index (κ1) is 19.3. The highest BCUT2D eigenvalue weighted by Gasteiger charge is 2.15. The van der Waals surface area contributed by atoms with Gasteiger partial charge in [-0.05, 0) is 93.6 Å². The van der Waals surface area contributed by atoms with Gasteiger partial charge in [0.05, 0.1) is 6.54 Å². The summed E-state index contributed by atoms with van der Waals surface area (Å²) in [7, 11) is 0. The maximum Gasteiger partial charge on any atom is 0.173 e. The molecule has 2 aromatic rings. The lowest BCUT2D eigenvalue weighted by atomic mass is 10.1. The summed E-state index contributed by atoms with van der Waals surface area (Å²) < 4.78 is 0. The second-order valence-corrected chi connectivity index (χ2v) is 8.57. The standard InChI is InChI=1S/C21H29N3S2/c1-17-8-9-18(2)20(15-17)22-21(25)24(16-19-7-5-14-26-19)13-6-12-23-10-3-4-11-23/h5,7-9,14-15H,3-4,6,10-13,16H2,1-2H3,(H,22,25). The van der Waals surface area contributed by atoms with Gasteiger partial charge in [-0.3, -0.25) is 0 Å². The molecule has 0 saturated carbocycles. The molecule has 1 aliphatic heterocycles. The number of anilines is 1. The van der Waals surface area contributed by atoms with Gasteiger partial charge in [-0.1, -0.05) is 18.2 Å². The van der Waals surface area contributed by atoms with Crippen molar-refractivity contribution in [1.82, 2.24) is 9.80 Å². The summed E-state index contributed by atoms with van der Waals surface area (Å²) in [6, 6.07) is 10.8. The predicted octanol–water partition coefficient (Wildman–Crippen LogP) is 5.05. The van der Waals surface area contributed by atoms with E-state index < -0.39 is 0 Å². The molecule has 0 spiro atoms.